The van der Waals surface area contributed by atoms with E-state index in [4.69, 9.17) is 9.47 Å². The zero-order chi connectivity index (χ0) is 10.5. The number of unbranched alkanes of at least 4 members (excludes halogenated alkanes) is 1. The van der Waals surface area contributed by atoms with Crippen LogP contribution in [0, 0.1) is 0 Å². The molecule has 0 bridgehead atoms. The van der Waals surface area contributed by atoms with E-state index in [1.807, 2.05) is 0 Å². The second-order valence-corrected chi connectivity index (χ2v) is 3.29. The lowest BCUT2D eigenvalue weighted by Crippen LogP contribution is -2.14. The van der Waals surface area contributed by atoms with Gasteiger partial charge < -0.3 is 14.8 Å². The molecule has 3 heteroatoms. The Hall–Kier alpha value is -0.120. The van der Waals surface area contributed by atoms with Crippen LogP contribution in [0.4, 0.5) is 0 Å². The first-order valence-corrected chi connectivity index (χ1v) is 5.78. The van der Waals surface area contributed by atoms with Gasteiger partial charge in [0.15, 0.2) is 0 Å². The lowest BCUT2D eigenvalue weighted by Gasteiger charge is -2.05. The predicted molar refractivity (Wildman–Crippen MR) is 59.7 cm³/mol. The van der Waals surface area contributed by atoms with Crippen LogP contribution in [0.5, 0.6) is 0 Å². The zero-order valence-electron chi connectivity index (χ0n) is 9.68. The van der Waals surface area contributed by atoms with E-state index in [1.54, 1.807) is 0 Å². The number of nitrogens with one attached hydrogen (secondary N) is 1. The van der Waals surface area contributed by atoms with Crippen molar-refractivity contribution in [2.45, 2.75) is 33.1 Å². The zero-order valence-corrected chi connectivity index (χ0v) is 9.68. The highest BCUT2D eigenvalue weighted by molar-refractivity contribution is 4.44. The molecular weight excluding hydrogens is 178 g/mol. The molecule has 0 aliphatic rings. The van der Waals surface area contributed by atoms with Crippen LogP contribution in [0.2, 0.25) is 0 Å². The topological polar surface area (TPSA) is 30.5 Å². The Labute approximate surface area is 88.2 Å². The van der Waals surface area contributed by atoms with E-state index < -0.39 is 0 Å². The van der Waals surface area contributed by atoms with E-state index in [-0.39, 0.29) is 0 Å². The Morgan fingerprint density at radius 3 is 2.21 bits per heavy atom. The first kappa shape index (κ1) is 13.9. The Bertz CT molecular complexity index is 87.3. The molecule has 0 saturated carbocycles. The Kier molecular flexibility index (Phi) is 12.8. The van der Waals surface area contributed by atoms with Gasteiger partial charge in [0.05, 0.1) is 13.2 Å². The third kappa shape index (κ3) is 11.9. The van der Waals surface area contributed by atoms with E-state index in [9.17, 15) is 0 Å². The van der Waals surface area contributed by atoms with E-state index in [1.165, 1.54) is 6.42 Å². The van der Waals surface area contributed by atoms with Crippen molar-refractivity contribution < 1.29 is 9.47 Å². The van der Waals surface area contributed by atoms with Gasteiger partial charge >= 0.3 is 0 Å². The molecule has 0 spiro atoms. The molecule has 1 N–H and O–H groups in total. The first-order chi connectivity index (χ1) is 6.91. The van der Waals surface area contributed by atoms with Crippen LogP contribution in [-0.4, -0.2) is 39.5 Å². The Morgan fingerprint density at radius 2 is 1.57 bits per heavy atom. The summed E-state index contributed by atoms with van der Waals surface area (Å²) in [7, 11) is 0. The van der Waals surface area contributed by atoms with Crippen molar-refractivity contribution in [2.75, 3.05) is 39.5 Å². The summed E-state index contributed by atoms with van der Waals surface area (Å²) in [6, 6.07) is 0. The number of rotatable bonds is 11. The van der Waals surface area contributed by atoms with E-state index >= 15 is 0 Å². The average molecular weight is 203 g/mol. The van der Waals surface area contributed by atoms with Crippen molar-refractivity contribution in [2.24, 2.45) is 0 Å². The lowest BCUT2D eigenvalue weighted by molar-refractivity contribution is 0.0467. The van der Waals surface area contributed by atoms with Gasteiger partial charge in [-0.2, -0.15) is 0 Å². The summed E-state index contributed by atoms with van der Waals surface area (Å²) in [6.07, 6.45) is 3.42. The summed E-state index contributed by atoms with van der Waals surface area (Å²) >= 11 is 0. The van der Waals surface area contributed by atoms with Crippen molar-refractivity contribution >= 4 is 0 Å². The van der Waals surface area contributed by atoms with Crippen molar-refractivity contribution in [3.05, 3.63) is 0 Å². The first-order valence-electron chi connectivity index (χ1n) is 5.78. The van der Waals surface area contributed by atoms with E-state index in [0.29, 0.717) is 0 Å². The molecule has 0 aromatic carbocycles. The third-order valence-corrected chi connectivity index (χ3v) is 1.86. The number of hydrogen-bond donors (Lipinski definition) is 1. The van der Waals surface area contributed by atoms with Crippen LogP contribution in [0.15, 0.2) is 0 Å². The number of ether oxygens (including phenoxy) is 2. The summed E-state index contributed by atoms with van der Waals surface area (Å²) in [5, 5.41) is 3.29. The maximum Gasteiger partial charge on any atom is 0.0700 e. The van der Waals surface area contributed by atoms with Crippen molar-refractivity contribution in [3.8, 4) is 0 Å². The van der Waals surface area contributed by atoms with Gasteiger partial charge in [-0.1, -0.05) is 13.8 Å². The van der Waals surface area contributed by atoms with Crippen LogP contribution in [0.3, 0.4) is 0 Å². The van der Waals surface area contributed by atoms with Gasteiger partial charge in [0, 0.05) is 13.2 Å². The molecule has 0 amide bonds. The molecule has 0 rings (SSSR count). The molecule has 0 radical (unpaired) electrons. The second kappa shape index (κ2) is 12.9. The van der Waals surface area contributed by atoms with Crippen LogP contribution < -0.4 is 5.32 Å². The summed E-state index contributed by atoms with van der Waals surface area (Å²) in [6.45, 7) is 9.59. The predicted octanol–water partition coefficient (Wildman–Crippen LogP) is 1.82. The monoisotopic (exact) mass is 203 g/mol. The summed E-state index contributed by atoms with van der Waals surface area (Å²) in [4.78, 5) is 0. The SMILES string of the molecule is CCCOCCOCCCCNCC. The van der Waals surface area contributed by atoms with Crippen LogP contribution >= 0.6 is 0 Å². The van der Waals surface area contributed by atoms with Gasteiger partial charge in [-0.25, -0.2) is 0 Å². The van der Waals surface area contributed by atoms with Gasteiger partial charge in [-0.3, -0.25) is 0 Å². The largest absolute Gasteiger partial charge is 0.379 e. The molecule has 0 aliphatic carbocycles. The molecule has 0 aromatic heterocycles. The van der Waals surface area contributed by atoms with Gasteiger partial charge in [0.1, 0.15) is 0 Å². The molecule has 0 unspecified atom stereocenters. The molecule has 0 atom stereocenters. The Balaban J connectivity index is 2.78. The summed E-state index contributed by atoms with van der Waals surface area (Å²) in [5.74, 6) is 0. The number of hydrogen-bond acceptors (Lipinski definition) is 3. The Morgan fingerprint density at radius 1 is 0.857 bits per heavy atom. The average Bonchev–Trinajstić information content (AvgIpc) is 2.21. The van der Waals surface area contributed by atoms with E-state index in [2.05, 4.69) is 19.2 Å². The standard InChI is InChI=1S/C11H25NO2/c1-3-8-13-10-11-14-9-6-5-7-12-4-2/h12H,3-11H2,1-2H3. The minimum atomic E-state index is 0.737. The molecule has 0 heterocycles. The van der Waals surface area contributed by atoms with Crippen LogP contribution in [0.25, 0.3) is 0 Å². The maximum atomic E-state index is 5.41. The molecule has 0 saturated heterocycles. The van der Waals surface area contributed by atoms with Crippen LogP contribution in [-0.2, 0) is 9.47 Å². The summed E-state index contributed by atoms with van der Waals surface area (Å²) < 4.78 is 10.7. The minimum absolute atomic E-state index is 0.737. The summed E-state index contributed by atoms with van der Waals surface area (Å²) in [5.41, 5.74) is 0. The molecule has 86 valence electrons. The van der Waals surface area contributed by atoms with Crippen molar-refractivity contribution in [3.63, 3.8) is 0 Å². The fourth-order valence-electron chi connectivity index (χ4n) is 1.10. The quantitative estimate of drug-likeness (QED) is 0.520. The highest BCUT2D eigenvalue weighted by Crippen LogP contribution is 1.89. The molecule has 14 heavy (non-hydrogen) atoms. The van der Waals surface area contributed by atoms with Crippen LogP contribution in [0.1, 0.15) is 33.1 Å². The lowest BCUT2D eigenvalue weighted by atomic mass is 10.3. The van der Waals surface area contributed by atoms with Crippen molar-refractivity contribution in [1.29, 1.82) is 0 Å². The molecule has 3 nitrogen and oxygen atoms in total. The molecule has 0 aromatic rings. The molecule has 0 fully saturated rings. The molecule has 0 aliphatic heterocycles. The highest BCUT2D eigenvalue weighted by atomic mass is 16.5. The minimum Gasteiger partial charge on any atom is -0.379 e. The van der Waals surface area contributed by atoms with Gasteiger partial charge in [0.2, 0.25) is 0 Å². The smallest absolute Gasteiger partial charge is 0.0700 e. The molecular formula is C11H25NO2. The van der Waals surface area contributed by atoms with Crippen molar-refractivity contribution in [1.82, 2.24) is 5.32 Å². The van der Waals surface area contributed by atoms with Gasteiger partial charge in [0.25, 0.3) is 0 Å². The fraction of sp³-hybridized carbons (Fsp3) is 1.00. The highest BCUT2D eigenvalue weighted by Gasteiger charge is 1.90. The second-order valence-electron chi connectivity index (χ2n) is 3.29. The van der Waals surface area contributed by atoms with Gasteiger partial charge in [-0.05, 0) is 32.4 Å². The normalized spacial score (nSPS) is 10.7. The third-order valence-electron chi connectivity index (χ3n) is 1.86. The van der Waals surface area contributed by atoms with Gasteiger partial charge in [-0.15, -0.1) is 0 Å². The fourth-order valence-corrected chi connectivity index (χ4v) is 1.10. The van der Waals surface area contributed by atoms with E-state index in [0.717, 1.165) is 52.4 Å². The maximum absolute atomic E-state index is 5.41.